The minimum atomic E-state index is -0.760. The number of rotatable bonds is 7. The van der Waals surface area contributed by atoms with Crippen LogP contribution in [0, 0.1) is 18.7 Å². The molecule has 0 bridgehead atoms. The first-order valence-corrected chi connectivity index (χ1v) is 8.99. The summed E-state index contributed by atoms with van der Waals surface area (Å²) in [5, 5.41) is 2.84. The third-order valence-electron chi connectivity index (χ3n) is 4.71. The van der Waals surface area contributed by atoms with Gasteiger partial charge >= 0.3 is 0 Å². The maximum Gasteiger partial charge on any atom is 0.241 e. The Labute approximate surface area is 165 Å². The van der Waals surface area contributed by atoms with E-state index in [4.69, 9.17) is 10.5 Å². The number of amides is 1. The Morgan fingerprint density at radius 3 is 2.44 bits per heavy atom. The van der Waals surface area contributed by atoms with Gasteiger partial charge < -0.3 is 15.8 Å². The smallest absolute Gasteiger partial charge is 0.241 e. The predicted octanol–water partition coefficient (Wildman–Crippen LogP) is 4.22. The van der Waals surface area contributed by atoms with E-state index >= 15 is 0 Å². The number of nitrogens with one attached hydrogen (secondary N) is 1. The summed E-state index contributed by atoms with van der Waals surface area (Å²) in [6.07, 6.45) is 2.31. The molecule has 1 aliphatic rings. The van der Waals surface area contributed by atoms with Gasteiger partial charge in [-0.1, -0.05) is 35.9 Å². The summed E-state index contributed by atoms with van der Waals surface area (Å²) in [7, 11) is 0. The molecule has 3 rings (SSSR count). The van der Waals surface area contributed by atoms with Crippen LogP contribution < -0.4 is 15.8 Å². The summed E-state index contributed by atoms with van der Waals surface area (Å²) < 4.78 is 19.7. The Hall–Kier alpha value is -2.11. The van der Waals surface area contributed by atoms with Crippen molar-refractivity contribution in [3.05, 3.63) is 65.0 Å². The van der Waals surface area contributed by atoms with Crippen LogP contribution in [-0.4, -0.2) is 12.5 Å². The molecule has 2 atom stereocenters. The van der Waals surface area contributed by atoms with E-state index in [2.05, 4.69) is 5.32 Å². The van der Waals surface area contributed by atoms with E-state index in [0.717, 1.165) is 24.0 Å². The molecule has 0 aliphatic heterocycles. The number of hydrogen-bond donors (Lipinski definition) is 2. The van der Waals surface area contributed by atoms with Gasteiger partial charge in [0.2, 0.25) is 5.91 Å². The van der Waals surface area contributed by atoms with E-state index in [1.165, 1.54) is 6.07 Å². The second kappa shape index (κ2) is 9.20. The number of ether oxygens (including phenoxy) is 1. The molecule has 27 heavy (non-hydrogen) atoms. The van der Waals surface area contributed by atoms with Gasteiger partial charge in [0.1, 0.15) is 6.04 Å². The van der Waals surface area contributed by atoms with E-state index in [-0.39, 0.29) is 30.1 Å². The topological polar surface area (TPSA) is 64.4 Å². The number of benzene rings is 2. The zero-order valence-electron chi connectivity index (χ0n) is 15.6. The van der Waals surface area contributed by atoms with Crippen molar-refractivity contribution in [2.24, 2.45) is 11.7 Å². The highest BCUT2D eigenvalue weighted by Gasteiger charge is 2.23. The lowest BCUT2D eigenvalue weighted by Crippen LogP contribution is -2.35. The molecule has 1 saturated carbocycles. The molecule has 2 aromatic rings. The standard InChI is InChI=1S/C21H25FN2O2.ClH/c1-13-3-7-16(8-4-13)20(23)21(25)24-14(2)17-9-10-19(18(22)11-17)26-12-15-5-6-15;/h3-4,7-11,14-15,20H,5-6,12,23H2,1-2H3,(H,24,25);1H. The minimum Gasteiger partial charge on any atom is -0.490 e. The predicted molar refractivity (Wildman–Crippen MR) is 107 cm³/mol. The van der Waals surface area contributed by atoms with E-state index in [1.54, 1.807) is 19.1 Å². The molecule has 6 heteroatoms. The highest BCUT2D eigenvalue weighted by atomic mass is 35.5. The first-order valence-electron chi connectivity index (χ1n) is 8.99. The van der Waals surface area contributed by atoms with Crippen LogP contribution in [0.15, 0.2) is 42.5 Å². The summed E-state index contributed by atoms with van der Waals surface area (Å²) in [6, 6.07) is 11.2. The summed E-state index contributed by atoms with van der Waals surface area (Å²) in [4.78, 5) is 12.4. The summed E-state index contributed by atoms with van der Waals surface area (Å²) in [5.74, 6) is 0.119. The molecule has 4 nitrogen and oxygen atoms in total. The molecule has 2 aromatic carbocycles. The van der Waals surface area contributed by atoms with E-state index in [1.807, 2.05) is 31.2 Å². The maximum atomic E-state index is 14.2. The molecular formula is C21H26ClFN2O2. The van der Waals surface area contributed by atoms with Crippen molar-refractivity contribution >= 4 is 18.3 Å². The van der Waals surface area contributed by atoms with Crippen molar-refractivity contribution in [2.45, 2.75) is 38.8 Å². The molecule has 2 unspecified atom stereocenters. The van der Waals surface area contributed by atoms with Crippen LogP contribution >= 0.6 is 12.4 Å². The lowest BCUT2D eigenvalue weighted by molar-refractivity contribution is -0.123. The maximum absolute atomic E-state index is 14.2. The van der Waals surface area contributed by atoms with Crippen LogP contribution in [0.5, 0.6) is 5.75 Å². The van der Waals surface area contributed by atoms with Crippen molar-refractivity contribution in [3.63, 3.8) is 0 Å². The largest absolute Gasteiger partial charge is 0.490 e. The molecule has 1 amide bonds. The van der Waals surface area contributed by atoms with Crippen LogP contribution in [-0.2, 0) is 4.79 Å². The number of nitrogens with two attached hydrogens (primary N) is 1. The summed E-state index contributed by atoms with van der Waals surface area (Å²) in [6.45, 7) is 4.34. The highest BCUT2D eigenvalue weighted by Crippen LogP contribution is 2.30. The molecule has 3 N–H and O–H groups in total. The minimum absolute atomic E-state index is 0. The van der Waals surface area contributed by atoms with Gasteiger partial charge in [0, 0.05) is 0 Å². The fraction of sp³-hybridized carbons (Fsp3) is 0.381. The Balaban J connectivity index is 0.00000261. The van der Waals surface area contributed by atoms with Crippen molar-refractivity contribution in [1.82, 2.24) is 5.32 Å². The molecule has 146 valence electrons. The van der Waals surface area contributed by atoms with E-state index in [0.29, 0.717) is 18.1 Å². The van der Waals surface area contributed by atoms with Gasteiger partial charge in [-0.15, -0.1) is 12.4 Å². The number of hydrogen-bond acceptors (Lipinski definition) is 3. The van der Waals surface area contributed by atoms with Gasteiger partial charge in [0.25, 0.3) is 0 Å². The summed E-state index contributed by atoms with van der Waals surface area (Å²) >= 11 is 0. The summed E-state index contributed by atoms with van der Waals surface area (Å²) in [5.41, 5.74) is 8.56. The molecule has 1 aliphatic carbocycles. The van der Waals surface area contributed by atoms with Crippen LogP contribution in [0.4, 0.5) is 4.39 Å². The third kappa shape index (κ3) is 5.68. The van der Waals surface area contributed by atoms with E-state index in [9.17, 15) is 9.18 Å². The molecule has 0 heterocycles. The monoisotopic (exact) mass is 392 g/mol. The van der Waals surface area contributed by atoms with Gasteiger partial charge in [-0.05, 0) is 55.9 Å². The van der Waals surface area contributed by atoms with Crippen LogP contribution in [0.25, 0.3) is 0 Å². The van der Waals surface area contributed by atoms with Crippen LogP contribution in [0.2, 0.25) is 0 Å². The second-order valence-corrected chi connectivity index (χ2v) is 7.06. The average molecular weight is 393 g/mol. The van der Waals surface area contributed by atoms with Crippen molar-refractivity contribution in [1.29, 1.82) is 0 Å². The molecule has 0 radical (unpaired) electrons. The zero-order valence-corrected chi connectivity index (χ0v) is 16.4. The first kappa shape index (κ1) is 21.2. The zero-order chi connectivity index (χ0) is 18.7. The second-order valence-electron chi connectivity index (χ2n) is 7.06. The lowest BCUT2D eigenvalue weighted by atomic mass is 10.0. The lowest BCUT2D eigenvalue weighted by Gasteiger charge is -2.19. The number of halogens is 2. The Kier molecular flexibility index (Phi) is 7.22. The van der Waals surface area contributed by atoms with Crippen molar-refractivity contribution < 1.29 is 13.9 Å². The van der Waals surface area contributed by atoms with E-state index < -0.39 is 11.9 Å². The van der Waals surface area contributed by atoms with Gasteiger partial charge in [-0.3, -0.25) is 4.79 Å². The quantitative estimate of drug-likeness (QED) is 0.741. The highest BCUT2D eigenvalue weighted by molar-refractivity contribution is 5.85. The number of carbonyl (C=O) groups is 1. The van der Waals surface area contributed by atoms with Crippen molar-refractivity contribution in [3.8, 4) is 5.75 Å². The van der Waals surface area contributed by atoms with Gasteiger partial charge in [0.05, 0.1) is 12.6 Å². The number of carbonyl (C=O) groups excluding carboxylic acids is 1. The Morgan fingerprint density at radius 2 is 1.85 bits per heavy atom. The normalized spacial score (nSPS) is 15.4. The average Bonchev–Trinajstić information content (AvgIpc) is 3.45. The molecule has 1 fully saturated rings. The first-order chi connectivity index (χ1) is 12.4. The van der Waals surface area contributed by atoms with Gasteiger partial charge in [0.15, 0.2) is 11.6 Å². The fourth-order valence-corrected chi connectivity index (χ4v) is 2.71. The molecule has 0 aromatic heterocycles. The Morgan fingerprint density at radius 1 is 1.22 bits per heavy atom. The van der Waals surface area contributed by atoms with Crippen molar-refractivity contribution in [2.75, 3.05) is 6.61 Å². The molecule has 0 spiro atoms. The number of aryl methyl sites for hydroxylation is 1. The SMILES string of the molecule is Cc1ccc(C(N)C(=O)NC(C)c2ccc(OCC3CC3)c(F)c2)cc1.Cl. The van der Waals surface area contributed by atoms with Gasteiger partial charge in [-0.2, -0.15) is 0 Å². The fourth-order valence-electron chi connectivity index (χ4n) is 2.71. The molecule has 0 saturated heterocycles. The Bertz CT molecular complexity index is 778. The van der Waals surface area contributed by atoms with Gasteiger partial charge in [-0.25, -0.2) is 4.39 Å². The molecular weight excluding hydrogens is 367 g/mol. The van der Waals surface area contributed by atoms with Crippen LogP contribution in [0.3, 0.4) is 0 Å². The third-order valence-corrected chi connectivity index (χ3v) is 4.71. The van der Waals surface area contributed by atoms with Crippen LogP contribution in [0.1, 0.15) is 48.5 Å².